The van der Waals surface area contributed by atoms with Gasteiger partial charge in [-0.05, 0) is 206 Å². The van der Waals surface area contributed by atoms with Gasteiger partial charge in [0, 0.05) is 27.9 Å². The van der Waals surface area contributed by atoms with Gasteiger partial charge in [-0.2, -0.15) is 0 Å². The largest absolute Gasteiger partial charge is 0.310 e. The van der Waals surface area contributed by atoms with Crippen LogP contribution in [0, 0.1) is 23.7 Å². The molecule has 0 atom stereocenters. The SMILES string of the molecule is CC(C)(C)c1ccc(-c2ccc(N(c3ccc(-c4ccc5c(c4)-c4ccccc4[C@]54[C@@H]5CC6C[C@@H](C5)C[C@@H]4C6)cc3)c3cccc(-c4ccc5c(c4)-c4ccccc4C54CCCCC4)c3)cc2)cc1. The number of rotatable bonds is 6. The van der Waals surface area contributed by atoms with Crippen LogP contribution in [0.15, 0.2) is 182 Å². The monoisotopic (exact) mass is 893 g/mol. The molecule has 4 bridgehead atoms. The molecule has 2 spiro atoms. The van der Waals surface area contributed by atoms with Crippen molar-refractivity contribution in [2.45, 2.75) is 101 Å². The van der Waals surface area contributed by atoms with E-state index in [2.05, 4.69) is 208 Å². The van der Waals surface area contributed by atoms with E-state index in [9.17, 15) is 0 Å². The van der Waals surface area contributed by atoms with Gasteiger partial charge in [-0.25, -0.2) is 0 Å². The molecular weight excluding hydrogens is 831 g/mol. The predicted molar refractivity (Wildman–Crippen MR) is 289 cm³/mol. The van der Waals surface area contributed by atoms with Gasteiger partial charge in [-0.3, -0.25) is 0 Å². The van der Waals surface area contributed by atoms with E-state index < -0.39 is 0 Å². The van der Waals surface area contributed by atoms with Crippen LogP contribution in [0.3, 0.4) is 0 Å². The summed E-state index contributed by atoms with van der Waals surface area (Å²) in [6, 6.07) is 70.7. The first kappa shape index (κ1) is 41.5. The fourth-order valence-corrected chi connectivity index (χ4v) is 15.7. The molecule has 0 amide bonds. The summed E-state index contributed by atoms with van der Waals surface area (Å²) >= 11 is 0. The van der Waals surface area contributed by atoms with Gasteiger partial charge in [0.05, 0.1) is 0 Å². The van der Waals surface area contributed by atoms with Crippen molar-refractivity contribution in [3.05, 3.63) is 210 Å². The zero-order chi connectivity index (χ0) is 46.1. The van der Waals surface area contributed by atoms with Gasteiger partial charge in [0.2, 0.25) is 0 Å². The van der Waals surface area contributed by atoms with Crippen molar-refractivity contribution in [3.63, 3.8) is 0 Å². The average molecular weight is 894 g/mol. The first-order chi connectivity index (χ1) is 33.7. The quantitative estimate of drug-likeness (QED) is 0.161. The summed E-state index contributed by atoms with van der Waals surface area (Å²) in [5.41, 5.74) is 25.0. The van der Waals surface area contributed by atoms with E-state index in [0.29, 0.717) is 0 Å². The minimum absolute atomic E-state index is 0.123. The predicted octanol–water partition coefficient (Wildman–Crippen LogP) is 18.4. The van der Waals surface area contributed by atoms with Crippen LogP contribution in [0.25, 0.3) is 55.6 Å². The summed E-state index contributed by atoms with van der Waals surface area (Å²) in [6.07, 6.45) is 13.6. The number of hydrogen-bond acceptors (Lipinski definition) is 1. The molecule has 0 radical (unpaired) electrons. The Morgan fingerprint density at radius 3 is 1.46 bits per heavy atom. The van der Waals surface area contributed by atoms with E-state index in [1.165, 1.54) is 131 Å². The summed E-state index contributed by atoms with van der Waals surface area (Å²) in [5, 5.41) is 0. The van der Waals surface area contributed by atoms with Crippen molar-refractivity contribution in [3.8, 4) is 55.6 Å². The fourth-order valence-electron chi connectivity index (χ4n) is 15.7. The van der Waals surface area contributed by atoms with E-state index in [-0.39, 0.29) is 16.2 Å². The standard InChI is InChI=1S/C68H63N/c1-66(2,3)52-26-18-46(19-27-52)47-20-28-55(29-21-47)69(57-13-11-12-49(41-57)51-24-32-63-60(43-51)58-14-5-7-16-62(58)67(63)34-9-4-10-35-67)56-30-22-48(23-31-56)50-25-33-65-61(42-50)59-15-6-8-17-64(59)68(65)53-37-44-36-45(39-53)40-54(68)38-44/h5-8,11-33,41-45,53-54H,4,9-10,34-40H2,1-3H3/t44-,45?,53-,54+,68+. The van der Waals surface area contributed by atoms with E-state index in [0.717, 1.165) is 40.7 Å². The third-order valence-corrected chi connectivity index (χ3v) is 18.6. The summed E-state index contributed by atoms with van der Waals surface area (Å²) in [4.78, 5) is 2.45. The lowest BCUT2D eigenvalue weighted by atomic mass is 9.43. The van der Waals surface area contributed by atoms with E-state index >= 15 is 0 Å². The molecule has 15 rings (SSSR count). The molecule has 5 fully saturated rings. The summed E-state index contributed by atoms with van der Waals surface area (Å²) in [7, 11) is 0. The van der Waals surface area contributed by atoms with E-state index in [1.807, 2.05) is 0 Å². The highest BCUT2D eigenvalue weighted by Gasteiger charge is 2.61. The fraction of sp³-hybridized carbons (Fsp3) is 0.294. The smallest absolute Gasteiger partial charge is 0.0467 e. The molecule has 8 aromatic rings. The van der Waals surface area contributed by atoms with Crippen LogP contribution in [0.5, 0.6) is 0 Å². The minimum atomic E-state index is 0.123. The highest BCUT2D eigenvalue weighted by Crippen LogP contribution is 2.69. The lowest BCUT2D eigenvalue weighted by Crippen LogP contribution is -2.55. The Kier molecular flexibility index (Phi) is 9.35. The molecule has 1 heteroatoms. The van der Waals surface area contributed by atoms with Crippen molar-refractivity contribution in [2.24, 2.45) is 23.7 Å². The van der Waals surface area contributed by atoms with Gasteiger partial charge in [-0.15, -0.1) is 0 Å². The van der Waals surface area contributed by atoms with E-state index in [1.54, 1.807) is 16.7 Å². The summed E-state index contributed by atoms with van der Waals surface area (Å²) < 4.78 is 0. The molecule has 0 saturated heterocycles. The molecule has 0 aromatic heterocycles. The normalized spacial score (nSPS) is 23.2. The van der Waals surface area contributed by atoms with Gasteiger partial charge >= 0.3 is 0 Å². The second-order valence-electron chi connectivity index (χ2n) is 23.2. The second kappa shape index (κ2) is 15.5. The molecule has 0 heterocycles. The number of anilines is 3. The van der Waals surface area contributed by atoms with Gasteiger partial charge < -0.3 is 4.90 Å². The third kappa shape index (κ3) is 6.34. The number of nitrogens with zero attached hydrogens (tertiary/aromatic N) is 1. The zero-order valence-electron chi connectivity index (χ0n) is 40.6. The van der Waals surface area contributed by atoms with Gasteiger partial charge in [0.25, 0.3) is 0 Å². The van der Waals surface area contributed by atoms with Gasteiger partial charge in [0.1, 0.15) is 0 Å². The topological polar surface area (TPSA) is 3.24 Å². The molecule has 5 saturated carbocycles. The first-order valence-electron chi connectivity index (χ1n) is 26.5. The number of fused-ring (bicyclic) bond motifs is 8. The molecular formula is C68H63N. The highest BCUT2D eigenvalue weighted by molar-refractivity contribution is 5.89. The second-order valence-corrected chi connectivity index (χ2v) is 23.2. The molecule has 340 valence electrons. The molecule has 69 heavy (non-hydrogen) atoms. The molecule has 7 aliphatic rings. The maximum Gasteiger partial charge on any atom is 0.0467 e. The van der Waals surface area contributed by atoms with Crippen molar-refractivity contribution < 1.29 is 0 Å². The first-order valence-corrected chi connectivity index (χ1v) is 26.5. The number of hydrogen-bond donors (Lipinski definition) is 0. The van der Waals surface area contributed by atoms with Crippen LogP contribution in [0.1, 0.15) is 113 Å². The Morgan fingerprint density at radius 1 is 0.377 bits per heavy atom. The summed E-state index contributed by atoms with van der Waals surface area (Å²) in [6.45, 7) is 6.85. The van der Waals surface area contributed by atoms with Crippen molar-refractivity contribution in [1.29, 1.82) is 0 Å². The Labute approximate surface area is 410 Å². The Balaban J connectivity index is 0.837. The Morgan fingerprint density at radius 2 is 0.841 bits per heavy atom. The van der Waals surface area contributed by atoms with Crippen LogP contribution in [0.2, 0.25) is 0 Å². The molecule has 0 unspecified atom stereocenters. The minimum Gasteiger partial charge on any atom is -0.310 e. The zero-order valence-corrected chi connectivity index (χ0v) is 40.6. The molecule has 7 aliphatic carbocycles. The van der Waals surface area contributed by atoms with E-state index in [4.69, 9.17) is 0 Å². The third-order valence-electron chi connectivity index (χ3n) is 18.6. The molecule has 8 aromatic carbocycles. The van der Waals surface area contributed by atoms with Crippen LogP contribution in [-0.4, -0.2) is 0 Å². The molecule has 0 N–H and O–H groups in total. The maximum absolute atomic E-state index is 2.56. The molecule has 1 nitrogen and oxygen atoms in total. The van der Waals surface area contributed by atoms with Crippen molar-refractivity contribution in [2.75, 3.05) is 4.90 Å². The Bertz CT molecular complexity index is 3250. The van der Waals surface area contributed by atoms with Crippen molar-refractivity contribution >= 4 is 17.1 Å². The van der Waals surface area contributed by atoms with Crippen LogP contribution in [0.4, 0.5) is 17.1 Å². The highest BCUT2D eigenvalue weighted by atomic mass is 15.1. The van der Waals surface area contributed by atoms with Crippen LogP contribution >= 0.6 is 0 Å². The lowest BCUT2D eigenvalue weighted by molar-refractivity contribution is -0.0399. The average Bonchev–Trinajstić information content (AvgIpc) is 3.82. The molecule has 0 aliphatic heterocycles. The maximum atomic E-state index is 2.56. The van der Waals surface area contributed by atoms with Gasteiger partial charge in [-0.1, -0.05) is 173 Å². The van der Waals surface area contributed by atoms with Crippen molar-refractivity contribution in [1.82, 2.24) is 0 Å². The number of benzene rings is 8. The Hall–Kier alpha value is -6.44. The summed E-state index contributed by atoms with van der Waals surface area (Å²) in [5.74, 6) is 3.46. The van der Waals surface area contributed by atoms with Crippen LogP contribution < -0.4 is 4.90 Å². The van der Waals surface area contributed by atoms with Gasteiger partial charge in [0.15, 0.2) is 0 Å². The lowest BCUT2D eigenvalue weighted by Gasteiger charge is -2.61. The van der Waals surface area contributed by atoms with Crippen LogP contribution in [-0.2, 0) is 16.2 Å².